The normalized spacial score (nSPS) is 9.80. The third-order valence-electron chi connectivity index (χ3n) is 1.90. The van der Waals surface area contributed by atoms with Crippen LogP contribution < -0.4 is 4.74 Å². The monoisotopic (exact) mass is 228 g/mol. The van der Waals surface area contributed by atoms with Crippen molar-refractivity contribution in [2.45, 2.75) is 13.3 Å². The molecule has 0 heterocycles. The maximum atomic E-state index is 11.2. The predicted octanol–water partition coefficient (Wildman–Crippen LogP) is 2.45. The Bertz CT molecular complexity index is 350. The standard InChI is InChI=1S/C11H13ClO3/c1-3-15-11(13)6-8-4-5-9(14-2)7-10(8)12/h4-5,7H,3,6H2,1-2H3. The van der Waals surface area contributed by atoms with Crippen molar-refractivity contribution in [2.75, 3.05) is 13.7 Å². The third kappa shape index (κ3) is 3.44. The van der Waals surface area contributed by atoms with Crippen LogP contribution in [0.15, 0.2) is 18.2 Å². The number of carbonyl (C=O) groups excluding carboxylic acids is 1. The van der Waals surface area contributed by atoms with Gasteiger partial charge in [0, 0.05) is 5.02 Å². The molecule has 0 unspecified atom stereocenters. The van der Waals surface area contributed by atoms with Gasteiger partial charge < -0.3 is 9.47 Å². The summed E-state index contributed by atoms with van der Waals surface area (Å²) >= 11 is 5.96. The average molecular weight is 229 g/mol. The summed E-state index contributed by atoms with van der Waals surface area (Å²) in [6.45, 7) is 2.15. The fourth-order valence-corrected chi connectivity index (χ4v) is 1.40. The minimum atomic E-state index is -0.274. The number of ether oxygens (including phenoxy) is 2. The molecule has 0 bridgehead atoms. The lowest BCUT2D eigenvalue weighted by molar-refractivity contribution is -0.142. The first kappa shape index (κ1) is 11.9. The number of rotatable bonds is 4. The van der Waals surface area contributed by atoms with Gasteiger partial charge in [0.25, 0.3) is 0 Å². The molecular weight excluding hydrogens is 216 g/mol. The van der Waals surface area contributed by atoms with Crippen LogP contribution in [0.5, 0.6) is 5.75 Å². The quantitative estimate of drug-likeness (QED) is 0.743. The molecule has 1 aromatic carbocycles. The van der Waals surface area contributed by atoms with Crippen molar-refractivity contribution < 1.29 is 14.3 Å². The lowest BCUT2D eigenvalue weighted by Crippen LogP contribution is -2.07. The van der Waals surface area contributed by atoms with Crippen molar-refractivity contribution in [3.8, 4) is 5.75 Å². The van der Waals surface area contributed by atoms with Crippen molar-refractivity contribution in [3.63, 3.8) is 0 Å². The van der Waals surface area contributed by atoms with Crippen molar-refractivity contribution in [2.24, 2.45) is 0 Å². The zero-order chi connectivity index (χ0) is 11.3. The Morgan fingerprint density at radius 3 is 2.73 bits per heavy atom. The average Bonchev–Trinajstić information content (AvgIpc) is 2.21. The fraction of sp³-hybridized carbons (Fsp3) is 0.364. The summed E-state index contributed by atoms with van der Waals surface area (Å²) in [5.74, 6) is 0.400. The van der Waals surface area contributed by atoms with E-state index in [4.69, 9.17) is 21.1 Å². The highest BCUT2D eigenvalue weighted by Crippen LogP contribution is 2.22. The highest BCUT2D eigenvalue weighted by atomic mass is 35.5. The Labute approximate surface area is 93.9 Å². The van der Waals surface area contributed by atoms with Crippen LogP contribution in [0.1, 0.15) is 12.5 Å². The summed E-state index contributed by atoms with van der Waals surface area (Å²) in [4.78, 5) is 11.2. The summed E-state index contributed by atoms with van der Waals surface area (Å²) in [5, 5.41) is 0.516. The Morgan fingerprint density at radius 2 is 2.20 bits per heavy atom. The Balaban J connectivity index is 2.73. The van der Waals surface area contributed by atoms with Crippen molar-refractivity contribution >= 4 is 17.6 Å². The lowest BCUT2D eigenvalue weighted by Gasteiger charge is -2.06. The van der Waals surface area contributed by atoms with Gasteiger partial charge in [-0.05, 0) is 24.6 Å². The van der Waals surface area contributed by atoms with Gasteiger partial charge in [-0.1, -0.05) is 17.7 Å². The molecule has 1 aromatic rings. The largest absolute Gasteiger partial charge is 0.497 e. The van der Waals surface area contributed by atoms with Crippen molar-refractivity contribution in [1.29, 1.82) is 0 Å². The van der Waals surface area contributed by atoms with Crippen LogP contribution in [0.4, 0.5) is 0 Å². The van der Waals surface area contributed by atoms with E-state index in [-0.39, 0.29) is 12.4 Å². The van der Waals surface area contributed by atoms with Crippen LogP contribution in [0.2, 0.25) is 5.02 Å². The van der Waals surface area contributed by atoms with Gasteiger partial charge in [-0.15, -0.1) is 0 Å². The smallest absolute Gasteiger partial charge is 0.310 e. The molecule has 0 spiro atoms. The second kappa shape index (κ2) is 5.61. The highest BCUT2D eigenvalue weighted by Gasteiger charge is 2.08. The maximum Gasteiger partial charge on any atom is 0.310 e. The number of benzene rings is 1. The fourth-order valence-electron chi connectivity index (χ4n) is 1.17. The number of halogens is 1. The van der Waals surface area contributed by atoms with Gasteiger partial charge in [0.1, 0.15) is 5.75 Å². The van der Waals surface area contributed by atoms with Gasteiger partial charge in [-0.3, -0.25) is 4.79 Å². The number of hydrogen-bond donors (Lipinski definition) is 0. The van der Waals surface area contributed by atoms with Gasteiger partial charge in [-0.2, -0.15) is 0 Å². The molecule has 1 rings (SSSR count). The van der Waals surface area contributed by atoms with Crippen LogP contribution in [0, 0.1) is 0 Å². The Morgan fingerprint density at radius 1 is 1.47 bits per heavy atom. The summed E-state index contributed by atoms with van der Waals surface area (Å²) in [6.07, 6.45) is 0.191. The van der Waals surface area contributed by atoms with Gasteiger partial charge in [0.05, 0.1) is 20.1 Å². The SMILES string of the molecule is CCOC(=O)Cc1ccc(OC)cc1Cl. The molecule has 0 N–H and O–H groups in total. The van der Waals surface area contributed by atoms with Crippen LogP contribution in [-0.4, -0.2) is 19.7 Å². The van der Waals surface area contributed by atoms with Gasteiger partial charge >= 0.3 is 5.97 Å². The second-order valence-electron chi connectivity index (χ2n) is 2.94. The van der Waals surface area contributed by atoms with Gasteiger partial charge in [-0.25, -0.2) is 0 Å². The topological polar surface area (TPSA) is 35.5 Å². The van der Waals surface area contributed by atoms with Crippen LogP contribution >= 0.6 is 11.6 Å². The molecule has 3 nitrogen and oxygen atoms in total. The molecule has 15 heavy (non-hydrogen) atoms. The Hall–Kier alpha value is -1.22. The molecule has 0 aliphatic carbocycles. The number of esters is 1. The van der Waals surface area contributed by atoms with E-state index in [1.165, 1.54) is 0 Å². The van der Waals surface area contributed by atoms with Crippen LogP contribution in [0.25, 0.3) is 0 Å². The molecule has 0 saturated heterocycles. The third-order valence-corrected chi connectivity index (χ3v) is 2.25. The van der Waals surface area contributed by atoms with Crippen LogP contribution in [0.3, 0.4) is 0 Å². The van der Waals surface area contributed by atoms with E-state index in [2.05, 4.69) is 0 Å². The van der Waals surface area contributed by atoms with Gasteiger partial charge in [0.2, 0.25) is 0 Å². The first-order valence-corrected chi connectivity index (χ1v) is 5.03. The predicted molar refractivity (Wildman–Crippen MR) is 58.3 cm³/mol. The Kier molecular flexibility index (Phi) is 4.43. The lowest BCUT2D eigenvalue weighted by atomic mass is 10.1. The van der Waals surface area contributed by atoms with E-state index in [0.717, 1.165) is 5.56 Å². The molecule has 0 amide bonds. The molecular formula is C11H13ClO3. The van der Waals surface area contributed by atoms with E-state index in [1.807, 2.05) is 0 Å². The maximum absolute atomic E-state index is 11.2. The first-order chi connectivity index (χ1) is 7.17. The molecule has 0 fully saturated rings. The van der Waals surface area contributed by atoms with E-state index in [9.17, 15) is 4.79 Å². The highest BCUT2D eigenvalue weighted by molar-refractivity contribution is 6.31. The summed E-state index contributed by atoms with van der Waals surface area (Å²) in [6, 6.07) is 5.20. The van der Waals surface area contributed by atoms with Gasteiger partial charge in [0.15, 0.2) is 0 Å². The number of methoxy groups -OCH3 is 1. The minimum Gasteiger partial charge on any atom is -0.497 e. The van der Waals surface area contributed by atoms with E-state index < -0.39 is 0 Å². The van der Waals surface area contributed by atoms with Crippen molar-refractivity contribution in [1.82, 2.24) is 0 Å². The molecule has 0 aliphatic heterocycles. The zero-order valence-electron chi connectivity index (χ0n) is 8.75. The summed E-state index contributed by atoms with van der Waals surface area (Å²) in [7, 11) is 1.57. The van der Waals surface area contributed by atoms with E-state index in [0.29, 0.717) is 17.4 Å². The van der Waals surface area contributed by atoms with E-state index in [1.54, 1.807) is 32.2 Å². The molecule has 0 atom stereocenters. The number of carbonyl (C=O) groups is 1. The summed E-state index contributed by atoms with van der Waals surface area (Å²) in [5.41, 5.74) is 0.746. The number of hydrogen-bond acceptors (Lipinski definition) is 3. The first-order valence-electron chi connectivity index (χ1n) is 4.65. The molecule has 0 saturated carbocycles. The second-order valence-corrected chi connectivity index (χ2v) is 3.35. The molecule has 0 aromatic heterocycles. The molecule has 4 heteroatoms. The molecule has 0 radical (unpaired) electrons. The zero-order valence-corrected chi connectivity index (χ0v) is 9.50. The van der Waals surface area contributed by atoms with E-state index >= 15 is 0 Å². The van der Waals surface area contributed by atoms with Crippen molar-refractivity contribution in [3.05, 3.63) is 28.8 Å². The summed E-state index contributed by atoms with van der Waals surface area (Å²) < 4.78 is 9.83. The molecule has 82 valence electrons. The molecule has 0 aliphatic rings. The minimum absolute atomic E-state index is 0.191. The van der Waals surface area contributed by atoms with Crippen LogP contribution in [-0.2, 0) is 16.0 Å².